The Labute approximate surface area is 118 Å². The maximum atomic E-state index is 11.6. The van der Waals surface area contributed by atoms with Crippen LogP contribution in [0.25, 0.3) is 0 Å². The van der Waals surface area contributed by atoms with Crippen molar-refractivity contribution in [2.24, 2.45) is 5.92 Å². The van der Waals surface area contributed by atoms with Crippen molar-refractivity contribution in [2.45, 2.75) is 30.6 Å². The molecule has 20 heavy (non-hydrogen) atoms. The van der Waals surface area contributed by atoms with Crippen LogP contribution >= 0.6 is 0 Å². The number of nitro benzene ring substituents is 1. The highest BCUT2D eigenvalue weighted by atomic mass is 32.2. The largest absolute Gasteiger partial charge is 0.379 e. The third-order valence-electron chi connectivity index (χ3n) is 3.64. The van der Waals surface area contributed by atoms with Crippen LogP contribution in [0, 0.1) is 16.0 Å². The number of hydrogen-bond acceptors (Lipinski definition) is 5. The first-order chi connectivity index (χ1) is 9.39. The van der Waals surface area contributed by atoms with Gasteiger partial charge >= 0.3 is 5.69 Å². The van der Waals surface area contributed by atoms with E-state index in [9.17, 15) is 18.5 Å². The lowest BCUT2D eigenvalue weighted by atomic mass is 10.1. The first-order valence-corrected chi connectivity index (χ1v) is 8.50. The SMILES string of the molecule is CS(=O)(=O)c1cccc(NCC2CCCC2)c1[N+](=O)[O-]. The maximum Gasteiger partial charge on any atom is 0.310 e. The normalized spacial score (nSPS) is 16.2. The molecule has 1 fully saturated rings. The number of nitrogens with one attached hydrogen (secondary N) is 1. The van der Waals surface area contributed by atoms with Crippen LogP contribution in [0.3, 0.4) is 0 Å². The van der Waals surface area contributed by atoms with Gasteiger partial charge in [-0.05, 0) is 30.9 Å². The maximum absolute atomic E-state index is 11.6. The minimum absolute atomic E-state index is 0.237. The number of anilines is 1. The van der Waals surface area contributed by atoms with E-state index in [0.29, 0.717) is 12.5 Å². The van der Waals surface area contributed by atoms with Crippen molar-refractivity contribution in [1.82, 2.24) is 0 Å². The molecule has 110 valence electrons. The van der Waals surface area contributed by atoms with E-state index in [2.05, 4.69) is 5.32 Å². The van der Waals surface area contributed by atoms with Gasteiger partial charge in [0.15, 0.2) is 9.84 Å². The van der Waals surface area contributed by atoms with Gasteiger partial charge in [0, 0.05) is 12.8 Å². The highest BCUT2D eigenvalue weighted by Gasteiger charge is 2.26. The van der Waals surface area contributed by atoms with Crippen molar-refractivity contribution in [2.75, 3.05) is 18.1 Å². The Morgan fingerprint density at radius 1 is 1.35 bits per heavy atom. The van der Waals surface area contributed by atoms with Crippen molar-refractivity contribution in [1.29, 1.82) is 0 Å². The first-order valence-electron chi connectivity index (χ1n) is 6.61. The Balaban J connectivity index is 2.30. The molecule has 0 radical (unpaired) electrons. The minimum Gasteiger partial charge on any atom is -0.379 e. The van der Waals surface area contributed by atoms with Crippen LogP contribution in [0.15, 0.2) is 23.1 Å². The highest BCUT2D eigenvalue weighted by Crippen LogP contribution is 2.33. The Hall–Kier alpha value is -1.63. The van der Waals surface area contributed by atoms with E-state index >= 15 is 0 Å². The van der Waals surface area contributed by atoms with Crippen LogP contribution in [-0.2, 0) is 9.84 Å². The van der Waals surface area contributed by atoms with Crippen LogP contribution < -0.4 is 5.32 Å². The van der Waals surface area contributed by atoms with Crippen molar-refractivity contribution < 1.29 is 13.3 Å². The van der Waals surface area contributed by atoms with Gasteiger partial charge in [-0.1, -0.05) is 18.9 Å². The molecule has 0 amide bonds. The van der Waals surface area contributed by atoms with Crippen molar-refractivity contribution >= 4 is 21.2 Å². The number of sulfone groups is 1. The molecular weight excluding hydrogens is 280 g/mol. The minimum atomic E-state index is -3.62. The van der Waals surface area contributed by atoms with Gasteiger partial charge in [0.05, 0.1) is 4.92 Å². The summed E-state index contributed by atoms with van der Waals surface area (Å²) in [7, 11) is -3.62. The average Bonchev–Trinajstić information content (AvgIpc) is 2.87. The number of nitro groups is 1. The third kappa shape index (κ3) is 3.27. The molecule has 0 saturated heterocycles. The number of para-hydroxylation sites is 1. The zero-order chi connectivity index (χ0) is 14.8. The molecule has 1 aliphatic rings. The lowest BCUT2D eigenvalue weighted by molar-refractivity contribution is -0.386. The fourth-order valence-corrected chi connectivity index (χ4v) is 3.48. The molecule has 1 aromatic rings. The molecule has 1 N–H and O–H groups in total. The van der Waals surface area contributed by atoms with Gasteiger partial charge in [0.2, 0.25) is 0 Å². The quantitative estimate of drug-likeness (QED) is 0.666. The number of nitrogens with zero attached hydrogens (tertiary/aromatic N) is 1. The standard InChI is InChI=1S/C13H18N2O4S/c1-20(18,19)12-8-4-7-11(13(12)15(16)17)14-9-10-5-2-3-6-10/h4,7-8,10,14H,2-3,5-6,9H2,1H3. The molecule has 1 aromatic carbocycles. The Morgan fingerprint density at radius 2 is 2.00 bits per heavy atom. The first kappa shape index (κ1) is 14.8. The van der Waals surface area contributed by atoms with Gasteiger partial charge in [0.25, 0.3) is 0 Å². The molecule has 1 aliphatic carbocycles. The molecule has 0 aliphatic heterocycles. The van der Waals surface area contributed by atoms with Crippen LogP contribution in [0.4, 0.5) is 11.4 Å². The summed E-state index contributed by atoms with van der Waals surface area (Å²) in [6.07, 6.45) is 5.60. The summed E-state index contributed by atoms with van der Waals surface area (Å²) >= 11 is 0. The van der Waals surface area contributed by atoms with Crippen LogP contribution in [0.2, 0.25) is 0 Å². The molecule has 0 heterocycles. The van der Waals surface area contributed by atoms with E-state index in [1.54, 1.807) is 6.07 Å². The zero-order valence-corrected chi connectivity index (χ0v) is 12.1. The third-order valence-corrected chi connectivity index (χ3v) is 4.77. The molecule has 0 atom stereocenters. The van der Waals surface area contributed by atoms with Crippen LogP contribution in [0.5, 0.6) is 0 Å². The monoisotopic (exact) mass is 298 g/mol. The van der Waals surface area contributed by atoms with Gasteiger partial charge in [-0.3, -0.25) is 10.1 Å². The predicted octanol–water partition coefficient (Wildman–Crippen LogP) is 2.60. The fraction of sp³-hybridized carbons (Fsp3) is 0.538. The van der Waals surface area contributed by atoms with Gasteiger partial charge in [-0.25, -0.2) is 8.42 Å². The lowest BCUT2D eigenvalue weighted by Crippen LogP contribution is -2.13. The lowest BCUT2D eigenvalue weighted by Gasteiger charge is -2.13. The van der Waals surface area contributed by atoms with Gasteiger partial charge in [0.1, 0.15) is 10.6 Å². The molecule has 6 nitrogen and oxygen atoms in total. The second-order valence-electron chi connectivity index (χ2n) is 5.21. The summed E-state index contributed by atoms with van der Waals surface area (Å²) in [6.45, 7) is 0.647. The second kappa shape index (κ2) is 5.78. The fourth-order valence-electron chi connectivity index (χ4n) is 2.62. The molecule has 0 unspecified atom stereocenters. The summed E-state index contributed by atoms with van der Waals surface area (Å²) in [5.74, 6) is 0.511. The topological polar surface area (TPSA) is 89.3 Å². The van der Waals surface area contributed by atoms with Gasteiger partial charge in [-0.15, -0.1) is 0 Å². The number of rotatable bonds is 5. The van der Waals surface area contributed by atoms with E-state index in [1.165, 1.54) is 25.0 Å². The van der Waals surface area contributed by atoms with Gasteiger partial charge in [-0.2, -0.15) is 0 Å². The van der Waals surface area contributed by atoms with E-state index in [1.807, 2.05) is 0 Å². The van der Waals surface area contributed by atoms with E-state index in [4.69, 9.17) is 0 Å². The molecule has 2 rings (SSSR count). The number of hydrogen-bond donors (Lipinski definition) is 1. The van der Waals surface area contributed by atoms with Crippen LogP contribution in [-0.4, -0.2) is 26.1 Å². The molecular formula is C13H18N2O4S. The number of benzene rings is 1. The molecule has 0 aromatic heterocycles. The molecule has 7 heteroatoms. The molecule has 1 saturated carbocycles. The zero-order valence-electron chi connectivity index (χ0n) is 11.3. The summed E-state index contributed by atoms with van der Waals surface area (Å²) in [6, 6.07) is 4.36. The Morgan fingerprint density at radius 3 is 2.55 bits per heavy atom. The Kier molecular flexibility index (Phi) is 4.27. The highest BCUT2D eigenvalue weighted by molar-refractivity contribution is 7.90. The average molecular weight is 298 g/mol. The van der Waals surface area contributed by atoms with E-state index < -0.39 is 14.8 Å². The van der Waals surface area contributed by atoms with Crippen molar-refractivity contribution in [3.8, 4) is 0 Å². The van der Waals surface area contributed by atoms with Crippen LogP contribution in [0.1, 0.15) is 25.7 Å². The van der Waals surface area contributed by atoms with E-state index in [-0.39, 0.29) is 16.3 Å². The summed E-state index contributed by atoms with van der Waals surface area (Å²) < 4.78 is 23.3. The van der Waals surface area contributed by atoms with Gasteiger partial charge < -0.3 is 5.32 Å². The Bertz CT molecular complexity index is 607. The van der Waals surface area contributed by atoms with E-state index in [0.717, 1.165) is 19.1 Å². The molecule has 0 spiro atoms. The second-order valence-corrected chi connectivity index (χ2v) is 7.20. The molecule has 0 bridgehead atoms. The summed E-state index contributed by atoms with van der Waals surface area (Å²) in [4.78, 5) is 10.3. The summed E-state index contributed by atoms with van der Waals surface area (Å²) in [5, 5.41) is 14.2. The smallest absolute Gasteiger partial charge is 0.310 e. The van der Waals surface area contributed by atoms with Crippen molar-refractivity contribution in [3.05, 3.63) is 28.3 Å². The summed E-state index contributed by atoms with van der Waals surface area (Å²) in [5.41, 5.74) is -0.0715. The predicted molar refractivity (Wildman–Crippen MR) is 76.7 cm³/mol. The van der Waals surface area contributed by atoms with Crippen molar-refractivity contribution in [3.63, 3.8) is 0 Å².